The van der Waals surface area contributed by atoms with Crippen molar-refractivity contribution in [3.05, 3.63) is 41.7 Å². The van der Waals surface area contributed by atoms with Crippen LogP contribution in [0.3, 0.4) is 0 Å². The Labute approximate surface area is 184 Å². The van der Waals surface area contributed by atoms with Gasteiger partial charge in [-0.1, -0.05) is 40.2 Å². The van der Waals surface area contributed by atoms with Crippen molar-refractivity contribution in [1.29, 1.82) is 0 Å². The molecule has 0 aliphatic carbocycles. The Morgan fingerprint density at radius 2 is 1.96 bits per heavy atom. The number of guanidine groups is 1. The largest absolute Gasteiger partial charge is 0.477 e. The highest BCUT2D eigenvalue weighted by Crippen LogP contribution is 2.22. The summed E-state index contributed by atoms with van der Waals surface area (Å²) in [7, 11) is 1.73. The minimum absolute atomic E-state index is 0. The summed E-state index contributed by atoms with van der Waals surface area (Å²) < 4.78 is 11.6. The van der Waals surface area contributed by atoms with Crippen LogP contribution in [-0.2, 0) is 18.5 Å². The van der Waals surface area contributed by atoms with Crippen molar-refractivity contribution in [1.82, 2.24) is 20.6 Å². The first-order chi connectivity index (χ1) is 12.9. The molecule has 2 aromatic rings. The van der Waals surface area contributed by atoms with E-state index in [1.54, 1.807) is 19.4 Å². The second-order valence-electron chi connectivity index (χ2n) is 7.32. The van der Waals surface area contributed by atoms with Crippen LogP contribution in [0.1, 0.15) is 57.8 Å². The first-order valence-corrected chi connectivity index (χ1v) is 9.40. The van der Waals surface area contributed by atoms with E-state index in [1.165, 1.54) is 0 Å². The SMILES string of the molecule is CCCCOc1ncccc1CNC(=NC)NCc1ncc(C(C)(C)C)o1.I. The summed E-state index contributed by atoms with van der Waals surface area (Å²) in [6.07, 6.45) is 5.63. The number of nitrogens with zero attached hydrogens (tertiary/aromatic N) is 3. The van der Waals surface area contributed by atoms with Crippen molar-refractivity contribution >= 4 is 29.9 Å². The fourth-order valence-corrected chi connectivity index (χ4v) is 2.30. The number of aromatic nitrogens is 2. The molecule has 0 atom stereocenters. The lowest BCUT2D eigenvalue weighted by Crippen LogP contribution is -2.36. The number of hydrogen-bond donors (Lipinski definition) is 2. The van der Waals surface area contributed by atoms with Crippen molar-refractivity contribution in [2.45, 2.75) is 59.0 Å². The number of oxazole rings is 1. The molecule has 0 aliphatic rings. The summed E-state index contributed by atoms with van der Waals surface area (Å²) in [5.41, 5.74) is 0.933. The van der Waals surface area contributed by atoms with Gasteiger partial charge in [-0.3, -0.25) is 4.99 Å². The number of ether oxygens (including phenoxy) is 1. The Morgan fingerprint density at radius 1 is 1.21 bits per heavy atom. The highest BCUT2D eigenvalue weighted by molar-refractivity contribution is 14.0. The van der Waals surface area contributed by atoms with Gasteiger partial charge >= 0.3 is 0 Å². The van der Waals surface area contributed by atoms with Gasteiger partial charge in [-0.2, -0.15) is 0 Å². The molecule has 0 spiro atoms. The minimum Gasteiger partial charge on any atom is -0.477 e. The smallest absolute Gasteiger partial charge is 0.218 e. The molecule has 0 saturated heterocycles. The molecule has 0 amide bonds. The van der Waals surface area contributed by atoms with Crippen LogP contribution >= 0.6 is 24.0 Å². The molecule has 0 unspecified atom stereocenters. The van der Waals surface area contributed by atoms with Gasteiger partial charge in [-0.15, -0.1) is 24.0 Å². The van der Waals surface area contributed by atoms with Gasteiger partial charge in [-0.05, 0) is 12.5 Å². The number of halogens is 1. The summed E-state index contributed by atoms with van der Waals surface area (Å²) in [4.78, 5) is 12.9. The highest BCUT2D eigenvalue weighted by Gasteiger charge is 2.19. The molecule has 2 heterocycles. The van der Waals surface area contributed by atoms with Gasteiger partial charge in [0.1, 0.15) is 5.76 Å². The van der Waals surface area contributed by atoms with E-state index >= 15 is 0 Å². The number of pyridine rings is 1. The molecule has 0 saturated carbocycles. The quantitative estimate of drug-likeness (QED) is 0.246. The van der Waals surface area contributed by atoms with E-state index in [0.29, 0.717) is 37.4 Å². The molecule has 0 radical (unpaired) electrons. The van der Waals surface area contributed by atoms with Crippen molar-refractivity contribution in [2.24, 2.45) is 4.99 Å². The van der Waals surface area contributed by atoms with Crippen molar-refractivity contribution in [3.8, 4) is 5.88 Å². The normalized spacial score (nSPS) is 11.7. The molecule has 0 aliphatic heterocycles. The number of hydrogen-bond acceptors (Lipinski definition) is 5. The fourth-order valence-electron chi connectivity index (χ4n) is 2.30. The van der Waals surface area contributed by atoms with Gasteiger partial charge in [-0.25, -0.2) is 9.97 Å². The second kappa shape index (κ2) is 11.9. The van der Waals surface area contributed by atoms with Crippen LogP contribution in [-0.4, -0.2) is 29.6 Å². The maximum atomic E-state index is 5.79. The Bertz CT molecular complexity index is 740. The van der Waals surface area contributed by atoms with E-state index in [-0.39, 0.29) is 29.4 Å². The Balaban J connectivity index is 0.00000392. The summed E-state index contributed by atoms with van der Waals surface area (Å²) >= 11 is 0. The standard InChI is InChI=1S/C20H31N5O2.HI/c1-6-7-11-26-18-15(9-8-10-22-18)12-24-19(21-5)25-14-17-23-13-16(27-17)20(2,3)4;/h8-10,13H,6-7,11-12,14H2,1-5H3,(H2,21,24,25);1H. The van der Waals surface area contributed by atoms with E-state index < -0.39 is 0 Å². The van der Waals surface area contributed by atoms with Gasteiger partial charge in [0.05, 0.1) is 19.3 Å². The molecule has 8 heteroatoms. The van der Waals surface area contributed by atoms with Crippen molar-refractivity contribution < 1.29 is 9.15 Å². The van der Waals surface area contributed by atoms with Crippen LogP contribution < -0.4 is 15.4 Å². The van der Waals surface area contributed by atoms with Gasteiger partial charge in [0.15, 0.2) is 5.96 Å². The summed E-state index contributed by atoms with van der Waals surface area (Å²) in [6.45, 7) is 10.1. The van der Waals surface area contributed by atoms with E-state index in [9.17, 15) is 0 Å². The number of aliphatic imine (C=N–C) groups is 1. The molecule has 156 valence electrons. The minimum atomic E-state index is -0.0559. The number of unbranched alkanes of at least 4 members (excludes halogenated alkanes) is 1. The third-order valence-electron chi connectivity index (χ3n) is 3.96. The van der Waals surface area contributed by atoms with Crippen LogP contribution in [0.15, 0.2) is 33.9 Å². The predicted molar refractivity (Wildman–Crippen MR) is 122 cm³/mol. The first kappa shape index (κ1) is 24.2. The third-order valence-corrected chi connectivity index (χ3v) is 3.96. The molecule has 0 bridgehead atoms. The summed E-state index contributed by atoms with van der Waals surface area (Å²) in [5, 5.41) is 6.49. The lowest BCUT2D eigenvalue weighted by molar-refractivity contribution is 0.294. The van der Waals surface area contributed by atoms with Crippen molar-refractivity contribution in [2.75, 3.05) is 13.7 Å². The topological polar surface area (TPSA) is 84.6 Å². The van der Waals surface area contributed by atoms with Gasteiger partial charge in [0.25, 0.3) is 0 Å². The second-order valence-corrected chi connectivity index (χ2v) is 7.32. The summed E-state index contributed by atoms with van der Waals surface area (Å²) in [6, 6.07) is 3.90. The molecule has 2 aromatic heterocycles. The Hall–Kier alpha value is -1.84. The van der Waals surface area contributed by atoms with Crippen LogP contribution in [0.2, 0.25) is 0 Å². The maximum absolute atomic E-state index is 5.79. The zero-order valence-electron chi connectivity index (χ0n) is 17.4. The molecular weight excluding hydrogens is 469 g/mol. The molecule has 0 aromatic carbocycles. The Morgan fingerprint density at radius 3 is 2.61 bits per heavy atom. The van der Waals surface area contributed by atoms with Crippen LogP contribution in [0.4, 0.5) is 0 Å². The number of nitrogens with one attached hydrogen (secondary N) is 2. The average molecular weight is 501 g/mol. The van der Waals surface area contributed by atoms with Crippen molar-refractivity contribution in [3.63, 3.8) is 0 Å². The third kappa shape index (κ3) is 7.65. The predicted octanol–water partition coefficient (Wildman–Crippen LogP) is 4.03. The van der Waals surface area contributed by atoms with Gasteiger partial charge in [0, 0.05) is 30.8 Å². The van der Waals surface area contributed by atoms with E-state index in [0.717, 1.165) is 24.2 Å². The molecule has 28 heavy (non-hydrogen) atoms. The van der Waals surface area contributed by atoms with Gasteiger partial charge in [0.2, 0.25) is 11.8 Å². The van der Waals surface area contributed by atoms with E-state index in [4.69, 9.17) is 9.15 Å². The zero-order valence-corrected chi connectivity index (χ0v) is 19.7. The Kier molecular flexibility index (Phi) is 10.3. The number of rotatable bonds is 8. The highest BCUT2D eigenvalue weighted by atomic mass is 127. The monoisotopic (exact) mass is 501 g/mol. The fraction of sp³-hybridized carbons (Fsp3) is 0.550. The average Bonchev–Trinajstić information content (AvgIpc) is 3.12. The van der Waals surface area contributed by atoms with Crippen LogP contribution in [0.5, 0.6) is 5.88 Å². The molecule has 7 nitrogen and oxygen atoms in total. The van der Waals surface area contributed by atoms with E-state index in [2.05, 4.69) is 53.3 Å². The van der Waals surface area contributed by atoms with Gasteiger partial charge < -0.3 is 19.8 Å². The summed E-state index contributed by atoms with van der Waals surface area (Å²) in [5.74, 6) is 2.82. The van der Waals surface area contributed by atoms with E-state index in [1.807, 2.05) is 12.1 Å². The maximum Gasteiger partial charge on any atom is 0.218 e. The molecule has 2 N–H and O–H groups in total. The first-order valence-electron chi connectivity index (χ1n) is 9.40. The van der Waals surface area contributed by atoms with Crippen LogP contribution in [0, 0.1) is 0 Å². The molecular formula is C20H32IN5O2. The zero-order chi connectivity index (χ0) is 19.7. The molecule has 2 rings (SSSR count). The molecule has 0 fully saturated rings. The lowest BCUT2D eigenvalue weighted by Gasteiger charge is -2.14. The lowest BCUT2D eigenvalue weighted by atomic mass is 9.94. The van der Waals surface area contributed by atoms with Crippen LogP contribution in [0.25, 0.3) is 0 Å².